The predicted octanol–water partition coefficient (Wildman–Crippen LogP) is 3.80. The van der Waals surface area contributed by atoms with Gasteiger partial charge in [0.15, 0.2) is 5.13 Å². The maximum Gasteiger partial charge on any atom is 0.419 e. The van der Waals surface area contributed by atoms with Crippen LogP contribution in [0.3, 0.4) is 0 Å². The number of rotatable bonds is 8. The van der Waals surface area contributed by atoms with Crippen LogP contribution in [-0.2, 0) is 38.2 Å². The number of carbonyl (C=O) groups is 1. The minimum Gasteiger partial charge on any atom is -0.332 e. The molecule has 0 atom stereocenters. The van der Waals surface area contributed by atoms with Gasteiger partial charge in [0.2, 0.25) is 5.91 Å². The number of alkyl halides is 3. The number of fused-ring (bicyclic) bond motifs is 1. The molecule has 0 bridgehead atoms. The van der Waals surface area contributed by atoms with Gasteiger partial charge >= 0.3 is 11.9 Å². The molecule has 1 N–H and O–H groups in total. The molecule has 1 amide bonds. The Kier molecular flexibility index (Phi) is 7.80. The Morgan fingerprint density at radius 3 is 2.41 bits per heavy atom. The highest BCUT2D eigenvalue weighted by Gasteiger charge is 2.34. The molecule has 0 unspecified atom stereocenters. The van der Waals surface area contributed by atoms with Gasteiger partial charge in [-0.15, -0.1) is 11.3 Å². The lowest BCUT2D eigenvalue weighted by atomic mass is 10.1. The van der Waals surface area contributed by atoms with Gasteiger partial charge in [-0.1, -0.05) is 19.9 Å². The Morgan fingerprint density at radius 2 is 1.79 bits per heavy atom. The van der Waals surface area contributed by atoms with Crippen LogP contribution in [0.5, 0.6) is 0 Å². The molecule has 14 heteroatoms. The third-order valence-corrected chi connectivity index (χ3v) is 7.22. The second-order valence-corrected chi connectivity index (χ2v) is 9.78. The first kappa shape index (κ1) is 28.2. The number of amides is 1. The van der Waals surface area contributed by atoms with Crippen molar-refractivity contribution in [3.8, 4) is 11.3 Å². The van der Waals surface area contributed by atoms with E-state index < -0.39 is 34.7 Å². The van der Waals surface area contributed by atoms with Crippen LogP contribution in [0.15, 0.2) is 39.4 Å². The average Bonchev–Trinajstić information content (AvgIpc) is 3.48. The van der Waals surface area contributed by atoms with E-state index in [4.69, 9.17) is 0 Å². The van der Waals surface area contributed by atoms with Gasteiger partial charge in [-0.05, 0) is 25.2 Å². The fourth-order valence-corrected chi connectivity index (χ4v) is 5.11. The van der Waals surface area contributed by atoms with Crippen LogP contribution < -0.4 is 16.6 Å². The van der Waals surface area contributed by atoms with Crippen molar-refractivity contribution in [2.75, 3.05) is 18.4 Å². The van der Waals surface area contributed by atoms with Crippen molar-refractivity contribution in [2.24, 2.45) is 14.1 Å². The number of halogens is 4. The van der Waals surface area contributed by atoms with Gasteiger partial charge in [-0.2, -0.15) is 13.2 Å². The summed E-state index contributed by atoms with van der Waals surface area (Å²) in [5.41, 5.74) is -0.699. The molecule has 4 aromatic rings. The van der Waals surface area contributed by atoms with Crippen molar-refractivity contribution in [1.82, 2.24) is 23.6 Å². The van der Waals surface area contributed by atoms with E-state index in [-0.39, 0.29) is 28.5 Å². The number of carbonyl (C=O) groups excluding carboxylic acids is 1. The molecule has 0 radical (unpaired) electrons. The lowest BCUT2D eigenvalue weighted by Gasteiger charge is -2.17. The Labute approximate surface area is 223 Å². The lowest BCUT2D eigenvalue weighted by Crippen LogP contribution is -2.38. The molecule has 1 aromatic carbocycles. The zero-order valence-electron chi connectivity index (χ0n) is 21.6. The Bertz CT molecular complexity index is 1660. The maximum atomic E-state index is 14.0. The summed E-state index contributed by atoms with van der Waals surface area (Å²) >= 11 is 1.02. The highest BCUT2D eigenvalue weighted by atomic mass is 32.1. The molecule has 0 aliphatic heterocycles. The normalized spacial score (nSPS) is 12.0. The first-order valence-electron chi connectivity index (χ1n) is 12.0. The second kappa shape index (κ2) is 10.8. The number of aryl methyl sites for hydroxylation is 1. The highest BCUT2D eigenvalue weighted by molar-refractivity contribution is 7.14. The third kappa shape index (κ3) is 5.52. The fourth-order valence-electron chi connectivity index (χ4n) is 4.38. The van der Waals surface area contributed by atoms with Crippen molar-refractivity contribution in [3.63, 3.8) is 0 Å². The number of aromatic nitrogens is 4. The van der Waals surface area contributed by atoms with Gasteiger partial charge in [-0.3, -0.25) is 23.6 Å². The molecule has 3 aromatic heterocycles. The second-order valence-electron chi connectivity index (χ2n) is 8.93. The van der Waals surface area contributed by atoms with Gasteiger partial charge < -0.3 is 9.88 Å². The molecular formula is C25H26F4N6O3S. The topological polar surface area (TPSA) is 94.2 Å². The van der Waals surface area contributed by atoms with Gasteiger partial charge in [0.05, 0.1) is 16.8 Å². The number of anilines is 1. The molecule has 3 heterocycles. The van der Waals surface area contributed by atoms with E-state index in [9.17, 15) is 31.9 Å². The summed E-state index contributed by atoms with van der Waals surface area (Å²) in [5.74, 6) is -1.94. The summed E-state index contributed by atoms with van der Waals surface area (Å²) in [6, 6.07) is 2.49. The van der Waals surface area contributed by atoms with Crippen LogP contribution in [0.25, 0.3) is 22.3 Å². The van der Waals surface area contributed by atoms with Crippen molar-refractivity contribution in [1.29, 1.82) is 0 Å². The molecule has 9 nitrogen and oxygen atoms in total. The molecule has 0 saturated heterocycles. The predicted molar refractivity (Wildman–Crippen MR) is 140 cm³/mol. The molecule has 0 spiro atoms. The van der Waals surface area contributed by atoms with E-state index in [1.807, 2.05) is 13.8 Å². The van der Waals surface area contributed by atoms with E-state index in [2.05, 4.69) is 15.2 Å². The maximum absolute atomic E-state index is 14.0. The van der Waals surface area contributed by atoms with Crippen molar-refractivity contribution < 1.29 is 22.4 Å². The Hall–Kier alpha value is -3.78. The molecule has 208 valence electrons. The minimum atomic E-state index is -4.81. The monoisotopic (exact) mass is 566 g/mol. The van der Waals surface area contributed by atoms with Crippen LogP contribution in [0.4, 0.5) is 22.7 Å². The standard InChI is InChI=1S/C25H26F4N6O3S/c1-5-34(6-2)10-15-11-35(21-20(15)32(3)24(38)33(4)22(21)37)12-19(36)31-23-30-18(13-39-23)14-7-8-16(17(26)9-14)25(27,28)29/h7-9,11,13H,5-6,10,12H2,1-4H3,(H,30,31,36). The van der Waals surface area contributed by atoms with Crippen LogP contribution in [0.2, 0.25) is 0 Å². The largest absolute Gasteiger partial charge is 0.419 e. The molecule has 0 fully saturated rings. The quantitative estimate of drug-likeness (QED) is 0.328. The van der Waals surface area contributed by atoms with Crippen molar-refractivity contribution >= 4 is 33.4 Å². The van der Waals surface area contributed by atoms with E-state index in [1.165, 1.54) is 21.6 Å². The van der Waals surface area contributed by atoms with E-state index >= 15 is 0 Å². The molecule has 39 heavy (non-hydrogen) atoms. The first-order valence-corrected chi connectivity index (χ1v) is 12.9. The summed E-state index contributed by atoms with van der Waals surface area (Å²) < 4.78 is 56.4. The van der Waals surface area contributed by atoms with Crippen LogP contribution >= 0.6 is 11.3 Å². The summed E-state index contributed by atoms with van der Waals surface area (Å²) in [6.45, 7) is 5.70. The minimum absolute atomic E-state index is 0.124. The average molecular weight is 567 g/mol. The van der Waals surface area contributed by atoms with Crippen LogP contribution in [-0.4, -0.2) is 42.6 Å². The van der Waals surface area contributed by atoms with Crippen LogP contribution in [0.1, 0.15) is 25.0 Å². The number of nitrogens with zero attached hydrogens (tertiary/aromatic N) is 5. The molecule has 4 rings (SSSR count). The zero-order chi connectivity index (χ0) is 28.6. The third-order valence-electron chi connectivity index (χ3n) is 6.47. The van der Waals surface area contributed by atoms with E-state index in [1.54, 1.807) is 13.2 Å². The lowest BCUT2D eigenvalue weighted by molar-refractivity contribution is -0.140. The smallest absolute Gasteiger partial charge is 0.332 e. The molecule has 0 aliphatic rings. The molecular weight excluding hydrogens is 540 g/mol. The van der Waals surface area contributed by atoms with Crippen molar-refractivity contribution in [3.05, 3.63) is 67.6 Å². The van der Waals surface area contributed by atoms with Gasteiger partial charge in [0.25, 0.3) is 5.56 Å². The van der Waals surface area contributed by atoms with E-state index in [0.717, 1.165) is 46.7 Å². The first-order chi connectivity index (χ1) is 18.3. The van der Waals surface area contributed by atoms with Gasteiger partial charge in [0, 0.05) is 43.3 Å². The number of nitrogens with one attached hydrogen (secondary N) is 1. The van der Waals surface area contributed by atoms with E-state index in [0.29, 0.717) is 18.1 Å². The summed E-state index contributed by atoms with van der Waals surface area (Å²) in [7, 11) is 2.94. The van der Waals surface area contributed by atoms with Crippen molar-refractivity contribution in [2.45, 2.75) is 33.1 Å². The number of benzene rings is 1. The highest BCUT2D eigenvalue weighted by Crippen LogP contribution is 2.34. The van der Waals surface area contributed by atoms with Gasteiger partial charge in [0.1, 0.15) is 17.9 Å². The van der Waals surface area contributed by atoms with Crippen LogP contribution in [0, 0.1) is 5.82 Å². The van der Waals surface area contributed by atoms with Gasteiger partial charge in [-0.25, -0.2) is 14.2 Å². The Balaban J connectivity index is 1.62. The fraction of sp³-hybridized carbons (Fsp3) is 0.360. The Morgan fingerprint density at radius 1 is 1.10 bits per heavy atom. The summed E-state index contributed by atoms with van der Waals surface area (Å²) in [5, 5.41) is 4.25. The summed E-state index contributed by atoms with van der Waals surface area (Å²) in [6.07, 6.45) is -3.13. The number of thiazole rings is 1. The number of hydrogen-bond donors (Lipinski definition) is 1. The molecule has 0 saturated carbocycles. The summed E-state index contributed by atoms with van der Waals surface area (Å²) in [4.78, 5) is 44.9. The number of hydrogen-bond acceptors (Lipinski definition) is 6. The molecule has 0 aliphatic carbocycles. The SMILES string of the molecule is CCN(CC)Cc1cn(CC(=O)Nc2nc(-c3ccc(C(F)(F)F)c(F)c3)cs2)c2c(=O)n(C)c(=O)n(C)c12. The zero-order valence-corrected chi connectivity index (χ0v) is 22.4.